The Hall–Kier alpha value is -0.0800. The van der Waals surface area contributed by atoms with E-state index in [1.54, 1.807) is 0 Å². The first kappa shape index (κ1) is 14.0. The van der Waals surface area contributed by atoms with Crippen molar-refractivity contribution in [2.75, 3.05) is 19.6 Å². The lowest BCUT2D eigenvalue weighted by atomic mass is 9.98. The van der Waals surface area contributed by atoms with Crippen molar-refractivity contribution in [3.8, 4) is 0 Å². The van der Waals surface area contributed by atoms with Crippen molar-refractivity contribution < 1.29 is 0 Å². The summed E-state index contributed by atoms with van der Waals surface area (Å²) >= 11 is 0. The second-order valence-corrected chi connectivity index (χ2v) is 5.23. The maximum absolute atomic E-state index is 3.59. The average molecular weight is 226 g/mol. The lowest BCUT2D eigenvalue weighted by Crippen LogP contribution is -2.49. The molecule has 0 spiro atoms. The first-order chi connectivity index (χ1) is 7.79. The smallest absolute Gasteiger partial charge is 0.0223 e. The fourth-order valence-corrected chi connectivity index (χ4v) is 2.85. The van der Waals surface area contributed by atoms with Crippen molar-refractivity contribution in [1.82, 2.24) is 10.2 Å². The van der Waals surface area contributed by atoms with Crippen molar-refractivity contribution in [2.24, 2.45) is 0 Å². The van der Waals surface area contributed by atoms with Crippen molar-refractivity contribution in [3.63, 3.8) is 0 Å². The minimum absolute atomic E-state index is 0.777. The number of piperidine rings is 1. The van der Waals surface area contributed by atoms with Crippen LogP contribution in [0.1, 0.15) is 59.3 Å². The van der Waals surface area contributed by atoms with Crippen LogP contribution in [0.2, 0.25) is 0 Å². The number of nitrogens with one attached hydrogen (secondary N) is 1. The van der Waals surface area contributed by atoms with E-state index in [4.69, 9.17) is 0 Å². The summed E-state index contributed by atoms with van der Waals surface area (Å²) in [5, 5.41) is 3.59. The van der Waals surface area contributed by atoms with Gasteiger partial charge in [-0.05, 0) is 45.7 Å². The third kappa shape index (κ3) is 4.42. The Kier molecular flexibility index (Phi) is 7.06. The average Bonchev–Trinajstić information content (AvgIpc) is 2.30. The van der Waals surface area contributed by atoms with E-state index in [1.807, 2.05) is 0 Å². The summed E-state index contributed by atoms with van der Waals surface area (Å²) in [6.07, 6.45) is 8.13. The molecule has 1 aliphatic rings. The van der Waals surface area contributed by atoms with Crippen LogP contribution in [-0.4, -0.2) is 36.6 Å². The summed E-state index contributed by atoms with van der Waals surface area (Å²) in [7, 11) is 0. The third-order valence-electron chi connectivity index (χ3n) is 3.75. The maximum Gasteiger partial charge on any atom is 0.0223 e. The molecular weight excluding hydrogens is 196 g/mol. The van der Waals surface area contributed by atoms with Crippen molar-refractivity contribution in [3.05, 3.63) is 0 Å². The van der Waals surface area contributed by atoms with E-state index in [0.29, 0.717) is 0 Å². The largest absolute Gasteiger partial charge is 0.315 e. The van der Waals surface area contributed by atoms with E-state index in [0.717, 1.165) is 12.1 Å². The van der Waals surface area contributed by atoms with Gasteiger partial charge in [0.15, 0.2) is 0 Å². The van der Waals surface area contributed by atoms with Gasteiger partial charge in [0, 0.05) is 18.6 Å². The molecule has 2 heteroatoms. The second-order valence-electron chi connectivity index (χ2n) is 5.23. The van der Waals surface area contributed by atoms with E-state index in [9.17, 15) is 0 Å². The lowest BCUT2D eigenvalue weighted by molar-refractivity contribution is 0.0968. The van der Waals surface area contributed by atoms with Crippen LogP contribution >= 0.6 is 0 Å². The van der Waals surface area contributed by atoms with Crippen molar-refractivity contribution >= 4 is 0 Å². The molecule has 1 aliphatic heterocycles. The molecule has 1 fully saturated rings. The molecule has 2 nitrogen and oxygen atoms in total. The minimum Gasteiger partial charge on any atom is -0.315 e. The van der Waals surface area contributed by atoms with Crippen molar-refractivity contribution in [2.45, 2.75) is 71.4 Å². The number of rotatable bonds is 7. The summed E-state index contributed by atoms with van der Waals surface area (Å²) in [4.78, 5) is 2.75. The summed E-state index contributed by atoms with van der Waals surface area (Å²) in [5.74, 6) is 0. The Morgan fingerprint density at radius 2 is 2.06 bits per heavy atom. The molecule has 16 heavy (non-hydrogen) atoms. The van der Waals surface area contributed by atoms with Gasteiger partial charge in [-0.2, -0.15) is 0 Å². The molecule has 1 rings (SSSR count). The monoisotopic (exact) mass is 226 g/mol. The van der Waals surface area contributed by atoms with E-state index < -0.39 is 0 Å². The molecule has 0 aliphatic carbocycles. The standard InChI is InChI=1S/C14H30N2/c1-4-8-13(3)16-11-7-6-9-14(16)12-15-10-5-2/h13-15H,4-12H2,1-3H3. The molecule has 0 bridgehead atoms. The Balaban J connectivity index is 2.36. The Morgan fingerprint density at radius 3 is 2.75 bits per heavy atom. The van der Waals surface area contributed by atoms with Crippen LogP contribution in [0.4, 0.5) is 0 Å². The van der Waals surface area contributed by atoms with Gasteiger partial charge in [0.25, 0.3) is 0 Å². The number of likely N-dealkylation sites (tertiary alicyclic amines) is 1. The van der Waals surface area contributed by atoms with Gasteiger partial charge in [0.1, 0.15) is 0 Å². The van der Waals surface area contributed by atoms with E-state index in [2.05, 4.69) is 31.0 Å². The maximum atomic E-state index is 3.59. The number of hydrogen-bond donors (Lipinski definition) is 1. The molecule has 1 heterocycles. The Bertz CT molecular complexity index is 170. The van der Waals surface area contributed by atoms with Crippen LogP contribution < -0.4 is 5.32 Å². The van der Waals surface area contributed by atoms with Crippen LogP contribution in [0.5, 0.6) is 0 Å². The Morgan fingerprint density at radius 1 is 1.25 bits per heavy atom. The molecule has 0 aromatic carbocycles. The molecule has 0 radical (unpaired) electrons. The highest BCUT2D eigenvalue weighted by molar-refractivity contribution is 4.82. The van der Waals surface area contributed by atoms with Crippen LogP contribution in [0.15, 0.2) is 0 Å². The lowest BCUT2D eigenvalue weighted by Gasteiger charge is -2.40. The van der Waals surface area contributed by atoms with Crippen LogP contribution in [0.3, 0.4) is 0 Å². The van der Waals surface area contributed by atoms with Gasteiger partial charge < -0.3 is 5.32 Å². The number of hydrogen-bond acceptors (Lipinski definition) is 2. The Labute approximate surface area is 102 Å². The van der Waals surface area contributed by atoms with Crippen LogP contribution in [0, 0.1) is 0 Å². The second kappa shape index (κ2) is 8.08. The van der Waals surface area contributed by atoms with Gasteiger partial charge in [-0.25, -0.2) is 0 Å². The predicted octanol–water partition coefficient (Wildman–Crippen LogP) is 3.03. The van der Waals surface area contributed by atoms with Gasteiger partial charge in [-0.1, -0.05) is 26.7 Å². The topological polar surface area (TPSA) is 15.3 Å². The highest BCUT2D eigenvalue weighted by Crippen LogP contribution is 2.21. The summed E-state index contributed by atoms with van der Waals surface area (Å²) in [5.41, 5.74) is 0. The third-order valence-corrected chi connectivity index (χ3v) is 3.75. The minimum atomic E-state index is 0.777. The normalized spacial score (nSPS) is 24.6. The quantitative estimate of drug-likeness (QED) is 0.671. The first-order valence-electron chi connectivity index (χ1n) is 7.26. The van der Waals surface area contributed by atoms with Gasteiger partial charge in [-0.15, -0.1) is 0 Å². The molecule has 0 aromatic rings. The highest BCUT2D eigenvalue weighted by atomic mass is 15.2. The van der Waals surface area contributed by atoms with Crippen molar-refractivity contribution in [1.29, 1.82) is 0 Å². The van der Waals surface area contributed by atoms with Gasteiger partial charge in [-0.3, -0.25) is 4.90 Å². The fraction of sp³-hybridized carbons (Fsp3) is 1.00. The summed E-state index contributed by atoms with van der Waals surface area (Å²) in [6.45, 7) is 10.6. The van der Waals surface area contributed by atoms with Gasteiger partial charge in [0.05, 0.1) is 0 Å². The first-order valence-corrected chi connectivity index (χ1v) is 7.26. The molecule has 0 amide bonds. The van der Waals surface area contributed by atoms with E-state index in [-0.39, 0.29) is 0 Å². The molecule has 2 unspecified atom stereocenters. The SMILES string of the molecule is CCCNCC1CCCCN1C(C)CCC. The zero-order valence-electron chi connectivity index (χ0n) is 11.5. The molecule has 0 aromatic heterocycles. The predicted molar refractivity (Wildman–Crippen MR) is 71.9 cm³/mol. The van der Waals surface area contributed by atoms with E-state index >= 15 is 0 Å². The number of nitrogens with zero attached hydrogens (tertiary/aromatic N) is 1. The van der Waals surface area contributed by atoms with Gasteiger partial charge >= 0.3 is 0 Å². The summed E-state index contributed by atoms with van der Waals surface area (Å²) in [6, 6.07) is 1.57. The zero-order chi connectivity index (χ0) is 11.8. The van der Waals surface area contributed by atoms with Crippen LogP contribution in [-0.2, 0) is 0 Å². The molecule has 1 N–H and O–H groups in total. The van der Waals surface area contributed by atoms with Crippen LogP contribution in [0.25, 0.3) is 0 Å². The molecule has 96 valence electrons. The fourth-order valence-electron chi connectivity index (χ4n) is 2.85. The summed E-state index contributed by atoms with van der Waals surface area (Å²) < 4.78 is 0. The van der Waals surface area contributed by atoms with E-state index in [1.165, 1.54) is 58.2 Å². The molecule has 2 atom stereocenters. The van der Waals surface area contributed by atoms with Gasteiger partial charge in [0.2, 0.25) is 0 Å². The highest BCUT2D eigenvalue weighted by Gasteiger charge is 2.25. The zero-order valence-corrected chi connectivity index (χ0v) is 11.5. The molecule has 0 saturated carbocycles. The molecule has 1 saturated heterocycles. The molecular formula is C14H30N2.